The van der Waals surface area contributed by atoms with E-state index in [0.717, 1.165) is 11.5 Å². The zero-order valence-electron chi connectivity index (χ0n) is 9.74. The van der Waals surface area contributed by atoms with E-state index in [9.17, 15) is 0 Å². The highest BCUT2D eigenvalue weighted by molar-refractivity contribution is 6.17. The van der Waals surface area contributed by atoms with Crippen molar-refractivity contribution in [2.75, 3.05) is 11.2 Å². The predicted octanol–water partition coefficient (Wildman–Crippen LogP) is 2.93. The van der Waals surface area contributed by atoms with Gasteiger partial charge >= 0.3 is 6.01 Å². The van der Waals surface area contributed by atoms with Gasteiger partial charge in [-0.15, -0.1) is 16.7 Å². The fourth-order valence-corrected chi connectivity index (χ4v) is 1.60. The number of nitrogens with zero attached hydrogens (tertiary/aromatic N) is 2. The summed E-state index contributed by atoms with van der Waals surface area (Å²) in [5.41, 5.74) is 0. The first-order valence-electron chi connectivity index (χ1n) is 5.40. The van der Waals surface area contributed by atoms with Crippen molar-refractivity contribution in [2.45, 2.75) is 26.3 Å². The molecule has 2 heterocycles. The van der Waals surface area contributed by atoms with Crippen LogP contribution in [0.4, 0.5) is 6.01 Å². The molecule has 0 aromatic carbocycles. The summed E-state index contributed by atoms with van der Waals surface area (Å²) < 4.78 is 10.9. The summed E-state index contributed by atoms with van der Waals surface area (Å²) >= 11 is 5.59. The second kappa shape index (κ2) is 5.23. The lowest BCUT2D eigenvalue weighted by molar-refractivity contribution is 0.455. The number of hydrogen-bond donors (Lipinski definition) is 1. The number of aryl methyl sites for hydroxylation is 2. The van der Waals surface area contributed by atoms with Crippen molar-refractivity contribution in [3.05, 3.63) is 29.5 Å². The van der Waals surface area contributed by atoms with E-state index in [1.165, 1.54) is 0 Å². The molecule has 0 aliphatic rings. The maximum Gasteiger partial charge on any atom is 0.316 e. The van der Waals surface area contributed by atoms with Gasteiger partial charge in [0.05, 0.1) is 6.04 Å². The molecule has 1 N–H and O–H groups in total. The lowest BCUT2D eigenvalue weighted by atomic mass is 10.2. The van der Waals surface area contributed by atoms with Crippen LogP contribution in [0.1, 0.15) is 30.4 Å². The lowest BCUT2D eigenvalue weighted by Gasteiger charge is -2.07. The van der Waals surface area contributed by atoms with Crippen molar-refractivity contribution in [1.29, 1.82) is 0 Å². The first kappa shape index (κ1) is 12.0. The molecule has 1 unspecified atom stereocenters. The lowest BCUT2D eigenvalue weighted by Crippen LogP contribution is -2.05. The molecule has 0 saturated carbocycles. The van der Waals surface area contributed by atoms with Gasteiger partial charge in [0.15, 0.2) is 0 Å². The van der Waals surface area contributed by atoms with Crippen LogP contribution in [-0.2, 0) is 6.42 Å². The molecule has 92 valence electrons. The quantitative estimate of drug-likeness (QED) is 0.833. The van der Waals surface area contributed by atoms with Gasteiger partial charge < -0.3 is 14.2 Å². The first-order valence-corrected chi connectivity index (χ1v) is 5.93. The van der Waals surface area contributed by atoms with E-state index in [4.69, 9.17) is 20.4 Å². The highest BCUT2D eigenvalue weighted by atomic mass is 35.5. The molecule has 0 spiro atoms. The van der Waals surface area contributed by atoms with E-state index in [1.807, 2.05) is 26.0 Å². The number of furan rings is 1. The molecule has 2 rings (SSSR count). The third-order valence-electron chi connectivity index (χ3n) is 2.30. The molecule has 0 radical (unpaired) electrons. The second-order valence-electron chi connectivity index (χ2n) is 3.75. The number of hydrogen-bond acceptors (Lipinski definition) is 5. The van der Waals surface area contributed by atoms with E-state index in [-0.39, 0.29) is 6.04 Å². The number of alkyl halides is 1. The molecule has 0 aliphatic carbocycles. The van der Waals surface area contributed by atoms with E-state index in [1.54, 1.807) is 0 Å². The molecule has 0 fully saturated rings. The normalized spacial score (nSPS) is 12.6. The molecule has 6 heteroatoms. The molecule has 2 aromatic heterocycles. The molecule has 5 nitrogen and oxygen atoms in total. The van der Waals surface area contributed by atoms with Crippen LogP contribution < -0.4 is 5.32 Å². The van der Waals surface area contributed by atoms with Crippen molar-refractivity contribution in [3.8, 4) is 0 Å². The van der Waals surface area contributed by atoms with E-state index in [0.29, 0.717) is 24.2 Å². The Balaban J connectivity index is 1.99. The Labute approximate surface area is 104 Å². The molecule has 0 aliphatic heterocycles. The Morgan fingerprint density at radius 1 is 1.35 bits per heavy atom. The summed E-state index contributed by atoms with van der Waals surface area (Å²) in [5, 5.41) is 10.8. The standard InChI is InChI=1S/C11H14ClN3O2/c1-7-3-4-9(16-7)8(2)13-11-15-14-10(17-11)5-6-12/h3-4,8H,5-6H2,1-2H3,(H,13,15). The molecule has 2 aromatic rings. The molecule has 0 amide bonds. The van der Waals surface area contributed by atoms with Crippen LogP contribution in [-0.4, -0.2) is 16.1 Å². The van der Waals surface area contributed by atoms with Crippen molar-refractivity contribution < 1.29 is 8.83 Å². The topological polar surface area (TPSA) is 64.1 Å². The smallest absolute Gasteiger partial charge is 0.316 e. The van der Waals surface area contributed by atoms with E-state index in [2.05, 4.69) is 15.5 Å². The van der Waals surface area contributed by atoms with Gasteiger partial charge in [0.25, 0.3) is 0 Å². The zero-order chi connectivity index (χ0) is 12.3. The van der Waals surface area contributed by atoms with Gasteiger partial charge in [0, 0.05) is 12.3 Å². The average Bonchev–Trinajstić information content (AvgIpc) is 2.88. The summed E-state index contributed by atoms with van der Waals surface area (Å²) in [6.45, 7) is 3.87. The SMILES string of the molecule is Cc1ccc(C(C)Nc2nnc(CCCl)o2)o1. The molecular weight excluding hydrogens is 242 g/mol. The molecule has 17 heavy (non-hydrogen) atoms. The minimum Gasteiger partial charge on any atom is -0.464 e. The second-order valence-corrected chi connectivity index (χ2v) is 4.13. The summed E-state index contributed by atoms with van der Waals surface area (Å²) in [4.78, 5) is 0. The number of nitrogens with one attached hydrogen (secondary N) is 1. The van der Waals surface area contributed by atoms with Crippen LogP contribution in [0.3, 0.4) is 0 Å². The number of halogens is 1. The Bertz CT molecular complexity index is 481. The average molecular weight is 256 g/mol. The van der Waals surface area contributed by atoms with Crippen molar-refractivity contribution in [1.82, 2.24) is 10.2 Å². The van der Waals surface area contributed by atoms with Crippen molar-refractivity contribution in [2.24, 2.45) is 0 Å². The highest BCUT2D eigenvalue weighted by Crippen LogP contribution is 2.20. The van der Waals surface area contributed by atoms with Gasteiger partial charge in [-0.2, -0.15) is 0 Å². The first-order chi connectivity index (χ1) is 8.19. The van der Waals surface area contributed by atoms with E-state index < -0.39 is 0 Å². The fraction of sp³-hybridized carbons (Fsp3) is 0.455. The molecule has 1 atom stereocenters. The van der Waals surface area contributed by atoms with Gasteiger partial charge in [-0.05, 0) is 26.0 Å². The molecule has 0 bridgehead atoms. The Kier molecular flexibility index (Phi) is 3.68. The maximum absolute atomic E-state index is 5.59. The highest BCUT2D eigenvalue weighted by Gasteiger charge is 2.13. The number of rotatable bonds is 5. The van der Waals surface area contributed by atoms with Crippen LogP contribution in [0.15, 0.2) is 21.0 Å². The third kappa shape index (κ3) is 3.00. The monoisotopic (exact) mass is 255 g/mol. The summed E-state index contributed by atoms with van der Waals surface area (Å²) in [7, 11) is 0. The van der Waals surface area contributed by atoms with E-state index >= 15 is 0 Å². The predicted molar refractivity (Wildman–Crippen MR) is 64.2 cm³/mol. The fourth-order valence-electron chi connectivity index (χ4n) is 1.44. The minimum absolute atomic E-state index is 0.0204. The number of anilines is 1. The molecule has 0 saturated heterocycles. The van der Waals surface area contributed by atoms with Crippen LogP contribution in [0.2, 0.25) is 0 Å². The van der Waals surface area contributed by atoms with Gasteiger partial charge in [0.2, 0.25) is 5.89 Å². The summed E-state index contributed by atoms with van der Waals surface area (Å²) in [6.07, 6.45) is 0.574. The minimum atomic E-state index is -0.0204. The Morgan fingerprint density at radius 2 is 2.18 bits per heavy atom. The van der Waals surface area contributed by atoms with Crippen molar-refractivity contribution >= 4 is 17.6 Å². The van der Waals surface area contributed by atoms with Crippen molar-refractivity contribution in [3.63, 3.8) is 0 Å². The maximum atomic E-state index is 5.59. The van der Waals surface area contributed by atoms with Gasteiger partial charge in [-0.3, -0.25) is 0 Å². The Morgan fingerprint density at radius 3 is 2.82 bits per heavy atom. The van der Waals surface area contributed by atoms with Crippen LogP contribution in [0, 0.1) is 6.92 Å². The zero-order valence-corrected chi connectivity index (χ0v) is 10.5. The summed E-state index contributed by atoms with van der Waals surface area (Å²) in [5.74, 6) is 2.71. The molecular formula is C11H14ClN3O2. The van der Waals surface area contributed by atoms with Gasteiger partial charge in [-0.25, -0.2) is 0 Å². The van der Waals surface area contributed by atoms with Gasteiger partial charge in [-0.1, -0.05) is 5.10 Å². The Hall–Kier alpha value is -1.49. The largest absolute Gasteiger partial charge is 0.464 e. The van der Waals surface area contributed by atoms with Crippen LogP contribution >= 0.6 is 11.6 Å². The third-order valence-corrected chi connectivity index (χ3v) is 2.49. The number of aromatic nitrogens is 2. The van der Waals surface area contributed by atoms with Crippen LogP contribution in [0.25, 0.3) is 0 Å². The van der Waals surface area contributed by atoms with Crippen LogP contribution in [0.5, 0.6) is 0 Å². The summed E-state index contributed by atoms with van der Waals surface area (Å²) in [6, 6.07) is 4.20. The van der Waals surface area contributed by atoms with Gasteiger partial charge in [0.1, 0.15) is 11.5 Å².